The number of allylic oxidation sites excluding steroid dienone is 2. The molecule has 0 aromatic heterocycles. The maximum atomic E-state index is 13.5. The summed E-state index contributed by atoms with van der Waals surface area (Å²) in [6.07, 6.45) is 6.36. The van der Waals surface area contributed by atoms with Crippen molar-refractivity contribution in [2.45, 2.75) is 33.1 Å². The minimum atomic E-state index is -2.88. The van der Waals surface area contributed by atoms with Gasteiger partial charge >= 0.3 is 0 Å². The first-order valence-electron chi connectivity index (χ1n) is 10.3. The van der Waals surface area contributed by atoms with E-state index in [0.717, 1.165) is 24.9 Å². The summed E-state index contributed by atoms with van der Waals surface area (Å²) < 4.78 is 27.1. The number of carbonyl (C=O) groups is 1. The van der Waals surface area contributed by atoms with Gasteiger partial charge in [-0.25, -0.2) is 13.8 Å². The van der Waals surface area contributed by atoms with Crippen LogP contribution in [0.5, 0.6) is 0 Å². The van der Waals surface area contributed by atoms with E-state index in [2.05, 4.69) is 26.4 Å². The van der Waals surface area contributed by atoms with Crippen molar-refractivity contribution in [3.8, 4) is 11.2 Å². The van der Waals surface area contributed by atoms with Gasteiger partial charge in [-0.05, 0) is 39.7 Å². The molecule has 1 aliphatic rings. The first-order valence-corrected chi connectivity index (χ1v) is 13.6. The third-order valence-corrected chi connectivity index (χ3v) is 5.57. The highest BCUT2D eigenvalue weighted by Crippen LogP contribution is 2.28. The van der Waals surface area contributed by atoms with Crippen molar-refractivity contribution in [3.63, 3.8) is 0 Å². The van der Waals surface area contributed by atoms with Crippen molar-refractivity contribution >= 4 is 47.6 Å². The van der Waals surface area contributed by atoms with Gasteiger partial charge in [-0.3, -0.25) is 4.79 Å². The zero-order valence-electron chi connectivity index (χ0n) is 18.4. The summed E-state index contributed by atoms with van der Waals surface area (Å²) in [5.74, 6) is 0.323. The molecule has 9 heteroatoms. The molecule has 0 saturated carbocycles. The molecule has 0 aliphatic carbocycles. The lowest BCUT2D eigenvalue weighted by Crippen LogP contribution is -2.51. The van der Waals surface area contributed by atoms with Gasteiger partial charge in [0.2, 0.25) is 0 Å². The number of rotatable bonds is 6. The van der Waals surface area contributed by atoms with Gasteiger partial charge in [0.1, 0.15) is 0 Å². The summed E-state index contributed by atoms with van der Waals surface area (Å²) in [6, 6.07) is 6.14. The molecular weight excluding hydrogens is 545 g/mol. The molecule has 1 saturated heterocycles. The number of nitrogens with zero attached hydrogens (tertiary/aromatic N) is 3. The van der Waals surface area contributed by atoms with Gasteiger partial charge < -0.3 is 15.1 Å². The molecule has 2 rings (SSSR count). The number of amidine groups is 1. The first kappa shape index (κ1) is 26.2. The number of hydrogen-bond acceptors (Lipinski definition) is 4. The average Bonchev–Trinajstić information content (AvgIpc) is 2.78. The molecule has 0 unspecified atom stereocenters. The van der Waals surface area contributed by atoms with Crippen LogP contribution in [-0.4, -0.2) is 47.7 Å². The quantitative estimate of drug-likeness (QED) is 0.208. The van der Waals surface area contributed by atoms with Crippen LogP contribution >= 0.6 is 30.1 Å². The SMILES string of the molecule is C\C=C/N=C(/C(=C/CC)Nc1ccc(C(C)(F)F)cc1)N1CCN(C(=O)C#CSI)CC1. The Bertz CT molecular complexity index is 922. The Balaban J connectivity index is 2.20. The zero-order chi connectivity index (χ0) is 23.6. The van der Waals surface area contributed by atoms with Gasteiger partial charge in [0, 0.05) is 77.7 Å². The zero-order valence-corrected chi connectivity index (χ0v) is 21.3. The van der Waals surface area contributed by atoms with Crippen LogP contribution < -0.4 is 5.32 Å². The van der Waals surface area contributed by atoms with Crippen LogP contribution in [0.15, 0.2) is 53.3 Å². The monoisotopic (exact) mass is 572 g/mol. The third kappa shape index (κ3) is 7.81. The highest BCUT2D eigenvalue weighted by Gasteiger charge is 2.25. The van der Waals surface area contributed by atoms with Crippen LogP contribution in [0.3, 0.4) is 0 Å². The highest BCUT2D eigenvalue weighted by atomic mass is 127. The van der Waals surface area contributed by atoms with Gasteiger partial charge in [0.25, 0.3) is 11.8 Å². The molecule has 1 N–H and O–H groups in total. The number of carbonyl (C=O) groups excluding carboxylic acids is 1. The van der Waals surface area contributed by atoms with Crippen molar-refractivity contribution < 1.29 is 13.6 Å². The maximum absolute atomic E-state index is 13.5. The molecule has 1 aliphatic heterocycles. The number of hydrogen-bond donors (Lipinski definition) is 1. The number of amides is 1. The third-order valence-electron chi connectivity index (χ3n) is 4.73. The molecule has 0 bridgehead atoms. The fourth-order valence-corrected chi connectivity index (χ4v) is 3.59. The number of piperazine rings is 1. The molecule has 1 heterocycles. The van der Waals surface area contributed by atoms with E-state index in [9.17, 15) is 13.6 Å². The molecule has 1 fully saturated rings. The van der Waals surface area contributed by atoms with Crippen LogP contribution in [0.25, 0.3) is 0 Å². The van der Waals surface area contributed by atoms with E-state index < -0.39 is 5.92 Å². The Hall–Kier alpha value is -2.06. The maximum Gasteiger partial charge on any atom is 0.299 e. The highest BCUT2D eigenvalue weighted by molar-refractivity contribution is 14.2. The minimum Gasteiger partial charge on any atom is -0.353 e. The number of alkyl halides is 2. The van der Waals surface area contributed by atoms with E-state index in [1.165, 1.54) is 21.1 Å². The number of anilines is 1. The molecule has 1 aromatic rings. The smallest absolute Gasteiger partial charge is 0.299 e. The molecule has 32 heavy (non-hydrogen) atoms. The van der Waals surface area contributed by atoms with Crippen LogP contribution in [0, 0.1) is 11.2 Å². The van der Waals surface area contributed by atoms with Gasteiger partial charge in [0.15, 0.2) is 5.84 Å². The first-order chi connectivity index (χ1) is 15.3. The molecule has 0 radical (unpaired) electrons. The Morgan fingerprint density at radius 2 is 1.88 bits per heavy atom. The molecule has 1 amide bonds. The molecular formula is C23H27F2IN4OS. The van der Waals surface area contributed by atoms with E-state index in [-0.39, 0.29) is 11.5 Å². The minimum absolute atomic E-state index is 0.0308. The van der Waals surface area contributed by atoms with E-state index in [1.54, 1.807) is 23.2 Å². The topological polar surface area (TPSA) is 47.9 Å². The molecule has 172 valence electrons. The van der Waals surface area contributed by atoms with Crippen molar-refractivity contribution in [2.75, 3.05) is 31.5 Å². The normalized spacial score (nSPS) is 15.6. The van der Waals surface area contributed by atoms with Crippen LogP contribution in [0.2, 0.25) is 0 Å². The van der Waals surface area contributed by atoms with Crippen molar-refractivity contribution in [1.82, 2.24) is 9.80 Å². The summed E-state index contributed by atoms with van der Waals surface area (Å²) in [5.41, 5.74) is 1.46. The second kappa shape index (κ2) is 12.8. The lowest BCUT2D eigenvalue weighted by molar-refractivity contribution is -0.126. The number of nitrogens with one attached hydrogen (secondary N) is 1. The number of halogens is 3. The van der Waals surface area contributed by atoms with Crippen molar-refractivity contribution in [2.24, 2.45) is 4.99 Å². The van der Waals surface area contributed by atoms with E-state index in [0.29, 0.717) is 31.9 Å². The standard InChI is InChI=1S/C23H27F2IN4OS/c1-4-6-20(28-19-9-7-18(8-10-19)23(3,24)25)22(27-12-5-2)30-15-13-29(14-16-30)21(31)11-17-32-26/h5-10,12,28H,4,13-16H2,1-3H3/b12-5-,20-6-,27-22-. The Kier molecular flexibility index (Phi) is 10.5. The van der Waals surface area contributed by atoms with E-state index in [1.807, 2.05) is 47.2 Å². The van der Waals surface area contributed by atoms with Crippen LogP contribution in [0.4, 0.5) is 14.5 Å². The van der Waals surface area contributed by atoms with E-state index in [4.69, 9.17) is 0 Å². The second-order valence-corrected chi connectivity index (χ2v) is 8.81. The van der Waals surface area contributed by atoms with Gasteiger partial charge in [-0.1, -0.05) is 31.2 Å². The molecule has 0 atom stereocenters. The lowest BCUT2D eigenvalue weighted by Gasteiger charge is -2.36. The number of aliphatic imine (C=N–C) groups is 1. The molecule has 5 nitrogen and oxygen atoms in total. The summed E-state index contributed by atoms with van der Waals surface area (Å²) in [5, 5.41) is 6.06. The Morgan fingerprint density at radius 1 is 1.25 bits per heavy atom. The lowest BCUT2D eigenvalue weighted by atomic mass is 10.1. The Labute approximate surface area is 205 Å². The van der Waals surface area contributed by atoms with Crippen molar-refractivity contribution in [3.05, 3.63) is 53.9 Å². The fraction of sp³-hybridized carbons (Fsp3) is 0.391. The second-order valence-electron chi connectivity index (χ2n) is 7.14. The van der Waals surface area contributed by atoms with Crippen LogP contribution in [-0.2, 0) is 10.7 Å². The van der Waals surface area contributed by atoms with Gasteiger partial charge in [-0.2, -0.15) is 0 Å². The summed E-state index contributed by atoms with van der Waals surface area (Å²) >= 11 is 2.04. The van der Waals surface area contributed by atoms with Crippen LogP contribution in [0.1, 0.15) is 32.8 Å². The molecule has 0 spiro atoms. The van der Waals surface area contributed by atoms with Gasteiger partial charge in [0.05, 0.1) is 5.70 Å². The summed E-state index contributed by atoms with van der Waals surface area (Å²) in [4.78, 5) is 20.7. The largest absolute Gasteiger partial charge is 0.353 e. The van der Waals surface area contributed by atoms with Crippen molar-refractivity contribution in [1.29, 1.82) is 0 Å². The van der Waals surface area contributed by atoms with Gasteiger partial charge in [-0.15, -0.1) is 0 Å². The molecule has 1 aromatic carbocycles. The summed E-state index contributed by atoms with van der Waals surface area (Å²) in [7, 11) is 1.29. The predicted octanol–water partition coefficient (Wildman–Crippen LogP) is 5.62. The average molecular weight is 572 g/mol. The fourth-order valence-electron chi connectivity index (χ4n) is 3.13. The van der Waals surface area contributed by atoms with E-state index >= 15 is 0 Å². The Morgan fingerprint density at radius 3 is 2.41 bits per heavy atom. The predicted molar refractivity (Wildman–Crippen MR) is 138 cm³/mol. The number of benzene rings is 1. The summed E-state index contributed by atoms with van der Waals surface area (Å²) in [6.45, 7) is 7.13.